The van der Waals surface area contributed by atoms with E-state index in [1.54, 1.807) is 10.9 Å². The van der Waals surface area contributed by atoms with Gasteiger partial charge in [0.2, 0.25) is 0 Å². The second-order valence-electron chi connectivity index (χ2n) is 5.69. The zero-order chi connectivity index (χ0) is 15.5. The number of amides is 1. The predicted molar refractivity (Wildman–Crippen MR) is 83.4 cm³/mol. The van der Waals surface area contributed by atoms with E-state index in [0.717, 1.165) is 5.56 Å². The third kappa shape index (κ3) is 4.58. The molecule has 0 atom stereocenters. The minimum Gasteiger partial charge on any atom is -0.350 e. The number of hydrogen-bond acceptors (Lipinski definition) is 3. The summed E-state index contributed by atoms with van der Waals surface area (Å²) in [6.45, 7) is 4.64. The summed E-state index contributed by atoms with van der Waals surface area (Å²) < 4.78 is 1.68. The number of nitrogens with one attached hydrogen (secondary N) is 1. The van der Waals surface area contributed by atoms with Crippen LogP contribution in [0.15, 0.2) is 36.7 Å². The molecule has 5 nitrogen and oxygen atoms in total. The first kappa shape index (κ1) is 15.5. The van der Waals surface area contributed by atoms with Crippen LogP contribution in [0.3, 0.4) is 0 Å². The van der Waals surface area contributed by atoms with E-state index in [9.17, 15) is 4.79 Å². The lowest BCUT2D eigenvalue weighted by Gasteiger charge is -2.18. The molecule has 0 spiro atoms. The minimum atomic E-state index is -0.441. The normalized spacial score (nSPS) is 11.4. The van der Waals surface area contributed by atoms with Gasteiger partial charge in [-0.3, -0.25) is 9.48 Å². The van der Waals surface area contributed by atoms with Crippen LogP contribution in [-0.4, -0.2) is 27.8 Å². The van der Waals surface area contributed by atoms with Gasteiger partial charge >= 0.3 is 0 Å². The molecule has 1 aromatic heterocycles. The number of benzene rings is 1. The number of aromatic nitrogens is 2. The van der Waals surface area contributed by atoms with Crippen LogP contribution >= 0.6 is 11.6 Å². The zero-order valence-electron chi connectivity index (χ0n) is 12.1. The van der Waals surface area contributed by atoms with Crippen LogP contribution in [0.2, 0.25) is 5.02 Å². The molecule has 1 heterocycles. The second-order valence-corrected chi connectivity index (χ2v) is 6.10. The zero-order valence-corrected chi connectivity index (χ0v) is 12.9. The van der Waals surface area contributed by atoms with Crippen molar-refractivity contribution < 1.29 is 4.79 Å². The van der Waals surface area contributed by atoms with Crippen LogP contribution in [0, 0.1) is 0 Å². The first-order chi connectivity index (χ1) is 9.85. The van der Waals surface area contributed by atoms with Crippen molar-refractivity contribution in [2.45, 2.75) is 25.9 Å². The van der Waals surface area contributed by atoms with E-state index in [2.05, 4.69) is 10.4 Å². The number of carbonyl (C=O) groups is 1. The highest BCUT2D eigenvalue weighted by Crippen LogP contribution is 2.16. The highest BCUT2D eigenvalue weighted by Gasteiger charge is 2.14. The molecule has 0 bridgehead atoms. The van der Waals surface area contributed by atoms with Gasteiger partial charge in [-0.25, -0.2) is 0 Å². The maximum Gasteiger partial charge on any atom is 0.254 e. The molecule has 1 aromatic carbocycles. The van der Waals surface area contributed by atoms with Gasteiger partial charge in [0.15, 0.2) is 0 Å². The Labute approximate surface area is 129 Å². The topological polar surface area (TPSA) is 72.9 Å². The lowest BCUT2D eigenvalue weighted by atomic mass is 10.1. The van der Waals surface area contributed by atoms with Gasteiger partial charge < -0.3 is 11.1 Å². The molecule has 2 rings (SSSR count). The van der Waals surface area contributed by atoms with Crippen molar-refractivity contribution in [2.24, 2.45) is 5.73 Å². The van der Waals surface area contributed by atoms with Crippen LogP contribution in [0.5, 0.6) is 0 Å². The first-order valence-electron chi connectivity index (χ1n) is 6.68. The molecule has 1 amide bonds. The molecule has 0 fully saturated rings. The Morgan fingerprint density at radius 3 is 2.81 bits per heavy atom. The average Bonchev–Trinajstić information content (AvgIpc) is 2.86. The van der Waals surface area contributed by atoms with Gasteiger partial charge in [0, 0.05) is 23.3 Å². The molecule has 0 aliphatic carbocycles. The fourth-order valence-electron chi connectivity index (χ4n) is 1.78. The molecule has 2 aromatic rings. The van der Waals surface area contributed by atoms with Crippen LogP contribution in [0.4, 0.5) is 0 Å². The summed E-state index contributed by atoms with van der Waals surface area (Å²) in [5.74, 6) is -0.182. The predicted octanol–water partition coefficient (Wildman–Crippen LogP) is 2.05. The summed E-state index contributed by atoms with van der Waals surface area (Å²) in [5, 5.41) is 7.65. The monoisotopic (exact) mass is 306 g/mol. The van der Waals surface area contributed by atoms with Crippen molar-refractivity contribution in [3.63, 3.8) is 0 Å². The molecule has 6 heteroatoms. The lowest BCUT2D eigenvalue weighted by Crippen LogP contribution is -2.45. The third-order valence-electron chi connectivity index (χ3n) is 2.89. The molecule has 0 saturated carbocycles. The number of rotatable bonds is 5. The summed E-state index contributed by atoms with van der Waals surface area (Å²) in [5.41, 5.74) is 6.86. The number of nitrogens with two attached hydrogens (primary N) is 1. The van der Waals surface area contributed by atoms with E-state index in [1.807, 2.05) is 38.1 Å². The van der Waals surface area contributed by atoms with Gasteiger partial charge in [0.1, 0.15) is 0 Å². The SMILES string of the molecule is CC(C)(N)CNC(=O)c1cnn(Cc2ccccc2Cl)c1. The van der Waals surface area contributed by atoms with Crippen molar-refractivity contribution in [3.8, 4) is 0 Å². The van der Waals surface area contributed by atoms with Crippen LogP contribution in [0.25, 0.3) is 0 Å². The van der Waals surface area contributed by atoms with Crippen molar-refractivity contribution in [2.75, 3.05) is 6.54 Å². The standard InChI is InChI=1S/C15H19ClN4O/c1-15(2,17)10-18-14(21)12-7-19-20(9-12)8-11-5-3-4-6-13(11)16/h3-7,9H,8,10,17H2,1-2H3,(H,18,21). The smallest absolute Gasteiger partial charge is 0.254 e. The average molecular weight is 307 g/mol. The van der Waals surface area contributed by atoms with E-state index in [0.29, 0.717) is 23.7 Å². The summed E-state index contributed by atoms with van der Waals surface area (Å²) in [6.07, 6.45) is 3.23. The van der Waals surface area contributed by atoms with E-state index in [4.69, 9.17) is 17.3 Å². The Morgan fingerprint density at radius 2 is 2.14 bits per heavy atom. The molecule has 21 heavy (non-hydrogen) atoms. The van der Waals surface area contributed by atoms with Gasteiger partial charge in [0.25, 0.3) is 5.91 Å². The van der Waals surface area contributed by atoms with E-state index < -0.39 is 5.54 Å². The first-order valence-corrected chi connectivity index (χ1v) is 7.06. The minimum absolute atomic E-state index is 0.182. The van der Waals surface area contributed by atoms with Gasteiger partial charge in [-0.05, 0) is 25.5 Å². The maximum absolute atomic E-state index is 12.0. The summed E-state index contributed by atoms with van der Waals surface area (Å²) in [6, 6.07) is 7.56. The van der Waals surface area contributed by atoms with Crippen molar-refractivity contribution in [1.29, 1.82) is 0 Å². The highest BCUT2D eigenvalue weighted by molar-refractivity contribution is 6.31. The fourth-order valence-corrected chi connectivity index (χ4v) is 1.97. The Morgan fingerprint density at radius 1 is 1.43 bits per heavy atom. The Kier molecular flexibility index (Phi) is 4.65. The van der Waals surface area contributed by atoms with E-state index in [1.165, 1.54) is 6.20 Å². The molecule has 0 radical (unpaired) electrons. The Bertz CT molecular complexity index is 631. The maximum atomic E-state index is 12.0. The van der Waals surface area contributed by atoms with Gasteiger partial charge in [-0.2, -0.15) is 5.10 Å². The van der Waals surface area contributed by atoms with Crippen LogP contribution in [-0.2, 0) is 6.54 Å². The number of nitrogens with zero attached hydrogens (tertiary/aromatic N) is 2. The van der Waals surface area contributed by atoms with Crippen molar-refractivity contribution >= 4 is 17.5 Å². The van der Waals surface area contributed by atoms with Crippen molar-refractivity contribution in [3.05, 3.63) is 52.8 Å². The second kappa shape index (κ2) is 6.28. The molecule has 0 aliphatic heterocycles. The van der Waals surface area contributed by atoms with Gasteiger partial charge in [0.05, 0.1) is 18.3 Å². The lowest BCUT2D eigenvalue weighted by molar-refractivity contribution is 0.0946. The quantitative estimate of drug-likeness (QED) is 0.888. The molecular formula is C15H19ClN4O. The highest BCUT2D eigenvalue weighted by atomic mass is 35.5. The summed E-state index contributed by atoms with van der Waals surface area (Å²) >= 11 is 6.11. The van der Waals surface area contributed by atoms with E-state index >= 15 is 0 Å². The number of hydrogen-bond donors (Lipinski definition) is 2. The molecule has 3 N–H and O–H groups in total. The van der Waals surface area contributed by atoms with Crippen molar-refractivity contribution in [1.82, 2.24) is 15.1 Å². The molecule has 0 unspecified atom stereocenters. The number of carbonyl (C=O) groups excluding carboxylic acids is 1. The molecular weight excluding hydrogens is 288 g/mol. The Balaban J connectivity index is 2.01. The number of halogens is 1. The van der Waals surface area contributed by atoms with Crippen LogP contribution in [0.1, 0.15) is 29.8 Å². The summed E-state index contributed by atoms with van der Waals surface area (Å²) in [7, 11) is 0. The Hall–Kier alpha value is -1.85. The molecule has 0 aliphatic rings. The van der Waals surface area contributed by atoms with Gasteiger partial charge in [-0.1, -0.05) is 29.8 Å². The van der Waals surface area contributed by atoms with Crippen LogP contribution < -0.4 is 11.1 Å². The third-order valence-corrected chi connectivity index (χ3v) is 3.26. The molecule has 0 saturated heterocycles. The summed E-state index contributed by atoms with van der Waals surface area (Å²) in [4.78, 5) is 12.0. The largest absolute Gasteiger partial charge is 0.350 e. The van der Waals surface area contributed by atoms with Gasteiger partial charge in [-0.15, -0.1) is 0 Å². The fraction of sp³-hybridized carbons (Fsp3) is 0.333. The molecule has 112 valence electrons. The van der Waals surface area contributed by atoms with E-state index in [-0.39, 0.29) is 5.91 Å².